The standard InChI is InChI=1S/C17H27N3O5S.ClH/c1-4-20(5-2)26(22,23)16-11-13(7-8-15(16)25-6-3)19-17(21)14-12-24-10-9-18-14;/h7-8,11,14,18H,4-6,9-10,12H2,1-3H3,(H,19,21);1H. The molecule has 2 rings (SSSR count). The van der Waals surface area contributed by atoms with Gasteiger partial charge in [-0.3, -0.25) is 4.79 Å². The van der Waals surface area contributed by atoms with Crippen molar-refractivity contribution in [3.63, 3.8) is 0 Å². The lowest BCUT2D eigenvalue weighted by Crippen LogP contribution is -2.48. The number of hydrogen-bond acceptors (Lipinski definition) is 6. The van der Waals surface area contributed by atoms with E-state index in [9.17, 15) is 13.2 Å². The molecule has 1 unspecified atom stereocenters. The molecule has 0 radical (unpaired) electrons. The SMILES string of the molecule is CCOc1ccc(NC(=O)C2COCCN2)cc1S(=O)(=O)N(CC)CC.Cl. The zero-order valence-electron chi connectivity index (χ0n) is 15.9. The van der Waals surface area contributed by atoms with Gasteiger partial charge in [0.2, 0.25) is 15.9 Å². The number of carbonyl (C=O) groups is 1. The second kappa shape index (κ2) is 10.8. The van der Waals surface area contributed by atoms with Crippen LogP contribution < -0.4 is 15.4 Å². The summed E-state index contributed by atoms with van der Waals surface area (Å²) in [4.78, 5) is 12.4. The van der Waals surface area contributed by atoms with Gasteiger partial charge in [0.1, 0.15) is 16.7 Å². The smallest absolute Gasteiger partial charge is 0.246 e. The Morgan fingerprint density at radius 1 is 1.33 bits per heavy atom. The van der Waals surface area contributed by atoms with Crippen molar-refractivity contribution in [1.82, 2.24) is 9.62 Å². The molecule has 27 heavy (non-hydrogen) atoms. The van der Waals surface area contributed by atoms with Crippen LogP contribution in [0.4, 0.5) is 5.69 Å². The lowest BCUT2D eigenvalue weighted by Gasteiger charge is -2.24. The summed E-state index contributed by atoms with van der Waals surface area (Å²) in [5.41, 5.74) is 0.400. The third-order valence-electron chi connectivity index (χ3n) is 4.07. The van der Waals surface area contributed by atoms with E-state index in [0.29, 0.717) is 38.5 Å². The minimum absolute atomic E-state index is 0. The predicted octanol–water partition coefficient (Wildman–Crippen LogP) is 1.46. The number of amides is 1. The van der Waals surface area contributed by atoms with Gasteiger partial charge in [-0.25, -0.2) is 8.42 Å². The fourth-order valence-corrected chi connectivity index (χ4v) is 4.34. The summed E-state index contributed by atoms with van der Waals surface area (Å²) in [6, 6.07) is 4.19. The highest BCUT2D eigenvalue weighted by molar-refractivity contribution is 7.89. The Morgan fingerprint density at radius 3 is 2.59 bits per heavy atom. The molecule has 10 heteroatoms. The van der Waals surface area contributed by atoms with Gasteiger partial charge >= 0.3 is 0 Å². The number of sulfonamides is 1. The molecule has 8 nitrogen and oxygen atoms in total. The lowest BCUT2D eigenvalue weighted by molar-refractivity contribution is -0.120. The van der Waals surface area contributed by atoms with Crippen molar-refractivity contribution in [3.8, 4) is 5.75 Å². The Bertz CT molecular complexity index is 719. The van der Waals surface area contributed by atoms with Crippen molar-refractivity contribution in [2.24, 2.45) is 0 Å². The van der Waals surface area contributed by atoms with Gasteiger partial charge < -0.3 is 20.1 Å². The van der Waals surface area contributed by atoms with Crippen molar-refractivity contribution in [3.05, 3.63) is 18.2 Å². The first-order valence-electron chi connectivity index (χ1n) is 8.83. The van der Waals surface area contributed by atoms with Crippen LogP contribution in [-0.2, 0) is 19.6 Å². The van der Waals surface area contributed by atoms with Gasteiger partial charge in [0.15, 0.2) is 0 Å². The monoisotopic (exact) mass is 421 g/mol. The highest BCUT2D eigenvalue weighted by Crippen LogP contribution is 2.30. The molecule has 1 aliphatic heterocycles. The molecule has 0 aliphatic carbocycles. The largest absolute Gasteiger partial charge is 0.492 e. The maximum absolute atomic E-state index is 12.9. The van der Waals surface area contributed by atoms with Crippen molar-refractivity contribution < 1.29 is 22.7 Å². The molecular weight excluding hydrogens is 394 g/mol. The van der Waals surface area contributed by atoms with Gasteiger partial charge in [-0.2, -0.15) is 4.31 Å². The van der Waals surface area contributed by atoms with Crippen LogP contribution in [0.3, 0.4) is 0 Å². The molecule has 1 saturated heterocycles. The van der Waals surface area contributed by atoms with Gasteiger partial charge in [0.05, 0.1) is 19.8 Å². The summed E-state index contributed by atoms with van der Waals surface area (Å²) >= 11 is 0. The summed E-state index contributed by atoms with van der Waals surface area (Å²) in [5, 5.41) is 5.81. The molecule has 0 saturated carbocycles. The summed E-state index contributed by atoms with van der Waals surface area (Å²) in [6.07, 6.45) is 0. The van der Waals surface area contributed by atoms with Crippen LogP contribution in [0.2, 0.25) is 0 Å². The minimum Gasteiger partial charge on any atom is -0.492 e. The second-order valence-electron chi connectivity index (χ2n) is 5.75. The Hall–Kier alpha value is -1.39. The van der Waals surface area contributed by atoms with Crippen molar-refractivity contribution >= 4 is 34.0 Å². The molecule has 0 spiro atoms. The van der Waals surface area contributed by atoms with E-state index in [0.717, 1.165) is 0 Å². The van der Waals surface area contributed by atoms with Crippen LogP contribution in [0.5, 0.6) is 5.75 Å². The molecule has 154 valence electrons. The Labute approximate surface area is 167 Å². The number of nitrogens with zero attached hydrogens (tertiary/aromatic N) is 1. The number of ether oxygens (including phenoxy) is 2. The highest BCUT2D eigenvalue weighted by Gasteiger charge is 2.27. The van der Waals surface area contributed by atoms with Gasteiger partial charge in [-0.05, 0) is 25.1 Å². The fraction of sp³-hybridized carbons (Fsp3) is 0.588. The number of hydrogen-bond donors (Lipinski definition) is 2. The topological polar surface area (TPSA) is 97.0 Å². The average Bonchev–Trinajstić information content (AvgIpc) is 2.64. The summed E-state index contributed by atoms with van der Waals surface area (Å²) in [7, 11) is -3.72. The summed E-state index contributed by atoms with van der Waals surface area (Å²) in [6.45, 7) is 7.85. The molecular formula is C17H28ClN3O5S. The van der Waals surface area contributed by atoms with Crippen LogP contribution >= 0.6 is 12.4 Å². The summed E-state index contributed by atoms with van der Waals surface area (Å²) in [5.74, 6) is 0.0107. The molecule has 0 bridgehead atoms. The molecule has 2 N–H and O–H groups in total. The van der Waals surface area contributed by atoms with Gasteiger partial charge in [0, 0.05) is 25.3 Å². The number of halogens is 1. The van der Waals surface area contributed by atoms with E-state index >= 15 is 0 Å². The third kappa shape index (κ3) is 5.79. The van der Waals surface area contributed by atoms with Gasteiger partial charge in [0.25, 0.3) is 0 Å². The molecule has 1 atom stereocenters. The molecule has 0 aromatic heterocycles. The van der Waals surface area contributed by atoms with Gasteiger partial charge in [-0.1, -0.05) is 13.8 Å². The first-order valence-corrected chi connectivity index (χ1v) is 10.3. The summed E-state index contributed by atoms with van der Waals surface area (Å²) < 4.78 is 38.0. The average molecular weight is 422 g/mol. The number of nitrogens with one attached hydrogen (secondary N) is 2. The molecule has 1 amide bonds. The van der Waals surface area contributed by atoms with Crippen LogP contribution in [0, 0.1) is 0 Å². The maximum atomic E-state index is 12.9. The van der Waals surface area contributed by atoms with Crippen LogP contribution in [0.15, 0.2) is 23.1 Å². The quantitative estimate of drug-likeness (QED) is 0.659. The second-order valence-corrected chi connectivity index (χ2v) is 7.66. The minimum atomic E-state index is -3.72. The zero-order valence-corrected chi connectivity index (χ0v) is 17.5. The number of carbonyl (C=O) groups excluding carboxylic acids is 1. The normalized spacial score (nSPS) is 17.3. The molecule has 1 aromatic carbocycles. The number of anilines is 1. The molecule has 1 aromatic rings. The lowest BCUT2D eigenvalue weighted by atomic mass is 10.2. The van der Waals surface area contributed by atoms with E-state index in [2.05, 4.69) is 10.6 Å². The van der Waals surface area contributed by atoms with Crippen LogP contribution in [0.25, 0.3) is 0 Å². The maximum Gasteiger partial charge on any atom is 0.246 e. The van der Waals surface area contributed by atoms with Crippen molar-refractivity contribution in [1.29, 1.82) is 0 Å². The van der Waals surface area contributed by atoms with Gasteiger partial charge in [-0.15, -0.1) is 12.4 Å². The number of rotatable bonds is 8. The first-order chi connectivity index (χ1) is 12.4. The van der Waals surface area contributed by atoms with Crippen molar-refractivity contribution in [2.45, 2.75) is 31.7 Å². The fourth-order valence-electron chi connectivity index (χ4n) is 2.73. The van der Waals surface area contributed by atoms with E-state index in [1.54, 1.807) is 32.9 Å². The molecule has 1 fully saturated rings. The number of benzene rings is 1. The van der Waals surface area contributed by atoms with E-state index in [-0.39, 0.29) is 35.6 Å². The third-order valence-corrected chi connectivity index (χ3v) is 6.14. The molecule has 1 heterocycles. The highest BCUT2D eigenvalue weighted by atomic mass is 35.5. The first kappa shape index (κ1) is 23.6. The van der Waals surface area contributed by atoms with E-state index < -0.39 is 16.1 Å². The Balaban J connectivity index is 0.00000364. The van der Waals surface area contributed by atoms with Crippen molar-refractivity contribution in [2.75, 3.05) is 44.8 Å². The Kier molecular flexibility index (Phi) is 9.48. The Morgan fingerprint density at radius 2 is 2.04 bits per heavy atom. The zero-order chi connectivity index (χ0) is 19.2. The molecule has 1 aliphatic rings. The van der Waals surface area contributed by atoms with E-state index in [4.69, 9.17) is 9.47 Å². The van der Waals surface area contributed by atoms with Crippen LogP contribution in [-0.4, -0.2) is 64.1 Å². The van der Waals surface area contributed by atoms with E-state index in [1.165, 1.54) is 10.4 Å². The van der Waals surface area contributed by atoms with E-state index in [1.807, 2.05) is 0 Å². The number of morpholine rings is 1. The predicted molar refractivity (Wildman–Crippen MR) is 106 cm³/mol. The van der Waals surface area contributed by atoms with Crippen LogP contribution in [0.1, 0.15) is 20.8 Å².